The zero-order valence-corrected chi connectivity index (χ0v) is 20.2. The van der Waals surface area contributed by atoms with Crippen molar-refractivity contribution in [1.29, 1.82) is 0 Å². The van der Waals surface area contributed by atoms with Crippen LogP contribution in [0.1, 0.15) is 39.1 Å². The predicted molar refractivity (Wildman–Crippen MR) is 128 cm³/mol. The van der Waals surface area contributed by atoms with E-state index in [-0.39, 0.29) is 17.5 Å². The molecule has 1 amide bonds. The van der Waals surface area contributed by atoms with E-state index in [2.05, 4.69) is 21.4 Å². The molecule has 3 heterocycles. The van der Waals surface area contributed by atoms with Crippen molar-refractivity contribution in [1.82, 2.24) is 20.2 Å². The molecule has 0 radical (unpaired) electrons. The first-order valence-corrected chi connectivity index (χ1v) is 12.0. The van der Waals surface area contributed by atoms with Crippen LogP contribution < -0.4 is 15.0 Å². The summed E-state index contributed by atoms with van der Waals surface area (Å²) in [6, 6.07) is 11.6. The number of carbonyl (C=O) groups is 1. The number of halogens is 3. The standard InChI is InChI=1S/C24H26F3N5O2S/c1-28-10-9-19(20-4-3-13-35-20)34-17-7-5-16(6-8-17)15-32-12-11-31(2)21-18(22(32)33)14-29-23(30-21)24(25,26)27/h3-8,13-14,19,28H,9-12,15H2,1-2H3. The molecule has 0 saturated carbocycles. The quantitative estimate of drug-likeness (QED) is 0.490. The molecule has 7 nitrogen and oxygen atoms in total. The van der Waals surface area contributed by atoms with Gasteiger partial charge in [0.05, 0.1) is 0 Å². The maximum absolute atomic E-state index is 13.1. The van der Waals surface area contributed by atoms with Gasteiger partial charge in [-0.2, -0.15) is 13.2 Å². The van der Waals surface area contributed by atoms with Crippen molar-refractivity contribution in [3.05, 3.63) is 69.8 Å². The van der Waals surface area contributed by atoms with Crippen LogP contribution in [0, 0.1) is 0 Å². The molecule has 1 atom stereocenters. The summed E-state index contributed by atoms with van der Waals surface area (Å²) in [5.41, 5.74) is 0.939. The van der Waals surface area contributed by atoms with Gasteiger partial charge in [-0.3, -0.25) is 4.79 Å². The van der Waals surface area contributed by atoms with E-state index in [1.165, 1.54) is 0 Å². The van der Waals surface area contributed by atoms with Crippen molar-refractivity contribution in [3.8, 4) is 5.75 Å². The minimum atomic E-state index is -4.68. The fraction of sp³-hybridized carbons (Fsp3) is 0.375. The minimum absolute atomic E-state index is 0.00948. The van der Waals surface area contributed by atoms with Crippen molar-refractivity contribution in [2.45, 2.75) is 25.2 Å². The molecule has 4 rings (SSSR count). The van der Waals surface area contributed by atoms with Gasteiger partial charge in [-0.1, -0.05) is 18.2 Å². The number of carbonyl (C=O) groups excluding carboxylic acids is 1. The van der Waals surface area contributed by atoms with E-state index in [1.807, 2.05) is 42.8 Å². The van der Waals surface area contributed by atoms with Crippen LogP contribution in [0.5, 0.6) is 5.75 Å². The number of alkyl halides is 3. The molecule has 0 fully saturated rings. The van der Waals surface area contributed by atoms with Gasteiger partial charge in [-0.15, -0.1) is 11.3 Å². The lowest BCUT2D eigenvalue weighted by Crippen LogP contribution is -2.33. The summed E-state index contributed by atoms with van der Waals surface area (Å²) >= 11 is 1.65. The SMILES string of the molecule is CNCCC(Oc1ccc(CN2CCN(C)c3nc(C(F)(F)F)ncc3C2=O)cc1)c1cccs1. The second kappa shape index (κ2) is 10.6. The van der Waals surface area contributed by atoms with Gasteiger partial charge in [0.25, 0.3) is 5.91 Å². The first kappa shape index (κ1) is 24.9. The molecule has 2 aromatic heterocycles. The van der Waals surface area contributed by atoms with E-state index < -0.39 is 17.9 Å². The van der Waals surface area contributed by atoms with Crippen LogP contribution in [-0.2, 0) is 12.7 Å². The van der Waals surface area contributed by atoms with Gasteiger partial charge >= 0.3 is 6.18 Å². The number of ether oxygens (including phenoxy) is 1. The van der Waals surface area contributed by atoms with Crippen LogP contribution in [0.25, 0.3) is 0 Å². The number of aromatic nitrogens is 2. The van der Waals surface area contributed by atoms with Crippen molar-refractivity contribution in [2.75, 3.05) is 38.6 Å². The topological polar surface area (TPSA) is 70.6 Å². The molecule has 186 valence electrons. The lowest BCUT2D eigenvalue weighted by molar-refractivity contribution is -0.144. The van der Waals surface area contributed by atoms with Gasteiger partial charge in [0.2, 0.25) is 5.82 Å². The molecule has 1 unspecified atom stereocenters. The molecule has 3 aromatic rings. The summed E-state index contributed by atoms with van der Waals surface area (Å²) < 4.78 is 45.4. The average Bonchev–Trinajstić information content (AvgIpc) is 3.35. The molecule has 1 aromatic carbocycles. The number of anilines is 1. The van der Waals surface area contributed by atoms with Crippen molar-refractivity contribution < 1.29 is 22.7 Å². The predicted octanol–water partition coefficient (Wildman–Crippen LogP) is 4.38. The van der Waals surface area contributed by atoms with Crippen molar-refractivity contribution in [2.24, 2.45) is 0 Å². The maximum atomic E-state index is 13.1. The van der Waals surface area contributed by atoms with Crippen LogP contribution in [-0.4, -0.2) is 54.5 Å². The molecule has 1 aliphatic rings. The zero-order chi connectivity index (χ0) is 25.0. The van der Waals surface area contributed by atoms with E-state index in [0.29, 0.717) is 19.6 Å². The second-order valence-electron chi connectivity index (χ2n) is 8.24. The molecular weight excluding hydrogens is 479 g/mol. The number of thiophene rings is 1. The monoisotopic (exact) mass is 505 g/mol. The van der Waals surface area contributed by atoms with E-state index in [4.69, 9.17) is 4.74 Å². The number of nitrogens with zero attached hydrogens (tertiary/aromatic N) is 4. The van der Waals surface area contributed by atoms with Crippen LogP contribution in [0.15, 0.2) is 48.0 Å². The Morgan fingerprint density at radius 1 is 1.20 bits per heavy atom. The summed E-state index contributed by atoms with van der Waals surface area (Å²) in [4.78, 5) is 24.4. The number of rotatable bonds is 8. The molecule has 0 aliphatic carbocycles. The molecule has 11 heteroatoms. The lowest BCUT2D eigenvalue weighted by Gasteiger charge is -2.22. The Labute approximate surface area is 205 Å². The molecular formula is C24H26F3N5O2S. The summed E-state index contributed by atoms with van der Waals surface area (Å²) in [6.45, 7) is 1.82. The van der Waals surface area contributed by atoms with E-state index in [1.54, 1.807) is 28.2 Å². The molecule has 0 spiro atoms. The second-order valence-corrected chi connectivity index (χ2v) is 9.21. The normalized spacial score (nSPS) is 15.1. The Balaban J connectivity index is 1.47. The maximum Gasteiger partial charge on any atom is 0.451 e. The van der Waals surface area contributed by atoms with Gasteiger partial charge in [-0.25, -0.2) is 9.97 Å². The highest BCUT2D eigenvalue weighted by Gasteiger charge is 2.37. The number of nitrogens with one attached hydrogen (secondary N) is 1. The van der Waals surface area contributed by atoms with Gasteiger partial charge in [0, 0.05) is 44.2 Å². The third kappa shape index (κ3) is 5.91. The highest BCUT2D eigenvalue weighted by molar-refractivity contribution is 7.10. The molecule has 0 saturated heterocycles. The number of likely N-dealkylation sites (N-methyl/N-ethyl adjacent to an activating group) is 1. The fourth-order valence-electron chi connectivity index (χ4n) is 3.82. The van der Waals surface area contributed by atoms with Crippen molar-refractivity contribution >= 4 is 23.1 Å². The zero-order valence-electron chi connectivity index (χ0n) is 19.4. The van der Waals surface area contributed by atoms with E-state index in [0.717, 1.165) is 35.4 Å². The number of amides is 1. The van der Waals surface area contributed by atoms with Gasteiger partial charge in [0.15, 0.2) is 0 Å². The largest absolute Gasteiger partial charge is 0.485 e. The molecule has 1 aliphatic heterocycles. The average molecular weight is 506 g/mol. The van der Waals surface area contributed by atoms with E-state index in [9.17, 15) is 18.0 Å². The first-order valence-electron chi connectivity index (χ1n) is 11.1. The lowest BCUT2D eigenvalue weighted by atomic mass is 10.1. The summed E-state index contributed by atoms with van der Waals surface area (Å²) in [5.74, 6) is -0.938. The van der Waals surface area contributed by atoms with Gasteiger partial charge in [-0.05, 0) is 42.7 Å². The molecule has 0 bridgehead atoms. The van der Waals surface area contributed by atoms with Crippen LogP contribution in [0.3, 0.4) is 0 Å². The summed E-state index contributed by atoms with van der Waals surface area (Å²) in [5, 5.41) is 5.17. The number of hydrogen-bond acceptors (Lipinski definition) is 7. The summed E-state index contributed by atoms with van der Waals surface area (Å²) in [6.07, 6.45) is -2.94. The third-order valence-corrected chi connectivity index (χ3v) is 6.66. The Morgan fingerprint density at radius 3 is 2.63 bits per heavy atom. The highest BCUT2D eigenvalue weighted by Crippen LogP contribution is 2.31. The van der Waals surface area contributed by atoms with Gasteiger partial charge < -0.3 is 19.9 Å². The van der Waals surface area contributed by atoms with Crippen LogP contribution in [0.4, 0.5) is 19.0 Å². The van der Waals surface area contributed by atoms with Gasteiger partial charge in [0.1, 0.15) is 23.2 Å². The summed E-state index contributed by atoms with van der Waals surface area (Å²) in [7, 11) is 3.52. The molecule has 35 heavy (non-hydrogen) atoms. The van der Waals surface area contributed by atoms with E-state index >= 15 is 0 Å². The Bertz CT molecular complexity index is 1140. The first-order chi connectivity index (χ1) is 16.8. The fourth-order valence-corrected chi connectivity index (χ4v) is 4.61. The number of benzene rings is 1. The smallest absolute Gasteiger partial charge is 0.451 e. The third-order valence-electron chi connectivity index (χ3n) is 5.70. The van der Waals surface area contributed by atoms with Crippen LogP contribution in [0.2, 0.25) is 0 Å². The van der Waals surface area contributed by atoms with Crippen LogP contribution >= 0.6 is 11.3 Å². The highest BCUT2D eigenvalue weighted by atomic mass is 32.1. The minimum Gasteiger partial charge on any atom is -0.485 e. The Hall–Kier alpha value is -3.18. The Morgan fingerprint density at radius 2 is 1.97 bits per heavy atom. The Kier molecular flexibility index (Phi) is 7.56. The molecule has 1 N–H and O–H groups in total. The van der Waals surface area contributed by atoms with Crippen molar-refractivity contribution in [3.63, 3.8) is 0 Å². The number of hydrogen-bond donors (Lipinski definition) is 1. The number of fused-ring (bicyclic) bond motifs is 1.